The van der Waals surface area contributed by atoms with Gasteiger partial charge in [-0.25, -0.2) is 0 Å². The standard InChI is InChI=1S/C13H18N2O2S/c1-18-12-4-2-3-10(7-12)15-13(16)8-11-9-14-5-6-17-11/h2-4,7,11,14H,5-6,8-9H2,1H3,(H,15,16). The summed E-state index contributed by atoms with van der Waals surface area (Å²) in [6, 6.07) is 7.84. The van der Waals surface area contributed by atoms with Gasteiger partial charge >= 0.3 is 0 Å². The van der Waals surface area contributed by atoms with E-state index in [1.807, 2.05) is 30.5 Å². The van der Waals surface area contributed by atoms with Gasteiger partial charge in [0.1, 0.15) is 0 Å². The molecular formula is C13H18N2O2S. The predicted molar refractivity (Wildman–Crippen MR) is 74.1 cm³/mol. The third-order valence-corrected chi connectivity index (χ3v) is 3.50. The highest BCUT2D eigenvalue weighted by Gasteiger charge is 2.17. The summed E-state index contributed by atoms with van der Waals surface area (Å²) in [4.78, 5) is 13.0. The molecule has 1 aliphatic heterocycles. The Morgan fingerprint density at radius 2 is 2.50 bits per heavy atom. The van der Waals surface area contributed by atoms with E-state index in [-0.39, 0.29) is 12.0 Å². The molecule has 98 valence electrons. The van der Waals surface area contributed by atoms with Gasteiger partial charge < -0.3 is 15.4 Å². The zero-order chi connectivity index (χ0) is 12.8. The number of anilines is 1. The molecule has 1 aromatic rings. The van der Waals surface area contributed by atoms with Crippen LogP contribution in [-0.4, -0.2) is 38.0 Å². The van der Waals surface area contributed by atoms with Gasteiger partial charge in [0.2, 0.25) is 5.91 Å². The number of rotatable bonds is 4. The van der Waals surface area contributed by atoms with Crippen LogP contribution in [0.2, 0.25) is 0 Å². The molecule has 1 aliphatic rings. The Bertz CT molecular complexity index is 406. The smallest absolute Gasteiger partial charge is 0.227 e. The normalized spacial score (nSPS) is 19.5. The van der Waals surface area contributed by atoms with Crippen LogP contribution in [0.15, 0.2) is 29.2 Å². The van der Waals surface area contributed by atoms with Crippen molar-refractivity contribution in [2.45, 2.75) is 17.4 Å². The van der Waals surface area contributed by atoms with Crippen LogP contribution in [0.25, 0.3) is 0 Å². The monoisotopic (exact) mass is 266 g/mol. The number of nitrogens with one attached hydrogen (secondary N) is 2. The van der Waals surface area contributed by atoms with Crippen molar-refractivity contribution in [3.63, 3.8) is 0 Å². The average molecular weight is 266 g/mol. The Morgan fingerprint density at radius 1 is 1.61 bits per heavy atom. The topological polar surface area (TPSA) is 50.4 Å². The maximum absolute atomic E-state index is 11.9. The minimum atomic E-state index is -0.0116. The third kappa shape index (κ3) is 4.01. The second kappa shape index (κ2) is 6.78. The van der Waals surface area contributed by atoms with Gasteiger partial charge in [-0.2, -0.15) is 0 Å². The van der Waals surface area contributed by atoms with Crippen LogP contribution in [0.5, 0.6) is 0 Å². The van der Waals surface area contributed by atoms with Gasteiger partial charge in [-0.1, -0.05) is 6.07 Å². The molecule has 1 aromatic carbocycles. The fourth-order valence-corrected chi connectivity index (χ4v) is 2.33. The molecule has 4 nitrogen and oxygen atoms in total. The summed E-state index contributed by atoms with van der Waals surface area (Å²) in [5, 5.41) is 6.12. The first-order valence-electron chi connectivity index (χ1n) is 6.04. The fourth-order valence-electron chi connectivity index (χ4n) is 1.87. The number of ether oxygens (including phenoxy) is 1. The van der Waals surface area contributed by atoms with Crippen molar-refractivity contribution in [2.75, 3.05) is 31.3 Å². The summed E-state index contributed by atoms with van der Waals surface area (Å²) in [6.07, 6.45) is 2.40. The van der Waals surface area contributed by atoms with Crippen molar-refractivity contribution in [2.24, 2.45) is 0 Å². The van der Waals surface area contributed by atoms with E-state index in [0.29, 0.717) is 13.0 Å². The number of carbonyl (C=O) groups excluding carboxylic acids is 1. The van der Waals surface area contributed by atoms with Crippen LogP contribution in [0.4, 0.5) is 5.69 Å². The van der Waals surface area contributed by atoms with E-state index in [1.54, 1.807) is 11.8 Å². The van der Waals surface area contributed by atoms with Crippen LogP contribution < -0.4 is 10.6 Å². The lowest BCUT2D eigenvalue weighted by atomic mass is 10.2. The van der Waals surface area contributed by atoms with Crippen molar-refractivity contribution < 1.29 is 9.53 Å². The molecule has 0 aromatic heterocycles. The number of carbonyl (C=O) groups is 1. The second-order valence-electron chi connectivity index (χ2n) is 4.18. The van der Waals surface area contributed by atoms with Crippen molar-refractivity contribution in [3.05, 3.63) is 24.3 Å². The van der Waals surface area contributed by atoms with Gasteiger partial charge in [-0.3, -0.25) is 4.79 Å². The Balaban J connectivity index is 1.85. The summed E-state index contributed by atoms with van der Waals surface area (Å²) in [5.41, 5.74) is 0.843. The molecular weight excluding hydrogens is 248 g/mol. The van der Waals surface area contributed by atoms with Crippen LogP contribution in [0, 0.1) is 0 Å². The predicted octanol–water partition coefficient (Wildman–Crippen LogP) is 1.73. The Kier molecular flexibility index (Phi) is 5.04. The Labute approximate surface area is 111 Å². The molecule has 18 heavy (non-hydrogen) atoms. The largest absolute Gasteiger partial charge is 0.375 e. The Morgan fingerprint density at radius 3 is 3.22 bits per heavy atom. The molecule has 2 rings (SSSR count). The highest BCUT2D eigenvalue weighted by atomic mass is 32.2. The van der Waals surface area contributed by atoms with Crippen molar-refractivity contribution >= 4 is 23.4 Å². The first-order valence-corrected chi connectivity index (χ1v) is 7.26. The SMILES string of the molecule is CSc1cccc(NC(=O)CC2CNCCO2)c1. The van der Waals surface area contributed by atoms with E-state index >= 15 is 0 Å². The molecule has 0 aliphatic carbocycles. The molecule has 0 saturated carbocycles. The average Bonchev–Trinajstić information content (AvgIpc) is 2.40. The maximum atomic E-state index is 11.9. The van der Waals surface area contributed by atoms with Gasteiger partial charge in [0.15, 0.2) is 0 Å². The molecule has 1 fully saturated rings. The van der Waals surface area contributed by atoms with Crippen LogP contribution in [0.3, 0.4) is 0 Å². The molecule has 1 unspecified atom stereocenters. The van der Waals surface area contributed by atoms with Crippen molar-refractivity contribution in [3.8, 4) is 0 Å². The van der Waals surface area contributed by atoms with E-state index in [2.05, 4.69) is 10.6 Å². The number of benzene rings is 1. The number of amides is 1. The lowest BCUT2D eigenvalue weighted by Crippen LogP contribution is -2.40. The molecule has 0 radical (unpaired) electrons. The van der Waals surface area contributed by atoms with E-state index < -0.39 is 0 Å². The van der Waals surface area contributed by atoms with Gasteiger partial charge in [0.25, 0.3) is 0 Å². The zero-order valence-electron chi connectivity index (χ0n) is 10.4. The summed E-state index contributed by atoms with van der Waals surface area (Å²) in [6.45, 7) is 2.30. The highest BCUT2D eigenvalue weighted by molar-refractivity contribution is 7.98. The fraction of sp³-hybridized carbons (Fsp3) is 0.462. The third-order valence-electron chi connectivity index (χ3n) is 2.77. The quantitative estimate of drug-likeness (QED) is 0.815. The second-order valence-corrected chi connectivity index (χ2v) is 5.06. The number of thioether (sulfide) groups is 1. The van der Waals surface area contributed by atoms with Crippen molar-refractivity contribution in [1.82, 2.24) is 5.32 Å². The van der Waals surface area contributed by atoms with Crippen LogP contribution in [0.1, 0.15) is 6.42 Å². The zero-order valence-corrected chi connectivity index (χ0v) is 11.3. The molecule has 0 bridgehead atoms. The Hall–Kier alpha value is -1.04. The van der Waals surface area contributed by atoms with Gasteiger partial charge in [-0.05, 0) is 24.5 Å². The van der Waals surface area contributed by atoms with E-state index in [1.165, 1.54) is 0 Å². The van der Waals surface area contributed by atoms with Crippen molar-refractivity contribution in [1.29, 1.82) is 0 Å². The minimum Gasteiger partial charge on any atom is -0.375 e. The number of hydrogen-bond acceptors (Lipinski definition) is 4. The molecule has 1 saturated heterocycles. The lowest BCUT2D eigenvalue weighted by Gasteiger charge is -2.23. The molecule has 5 heteroatoms. The maximum Gasteiger partial charge on any atom is 0.227 e. The minimum absolute atomic E-state index is 0.00181. The van der Waals surface area contributed by atoms with Gasteiger partial charge in [-0.15, -0.1) is 11.8 Å². The van der Waals surface area contributed by atoms with Gasteiger partial charge in [0.05, 0.1) is 19.1 Å². The molecule has 1 heterocycles. The number of hydrogen-bond donors (Lipinski definition) is 2. The summed E-state index contributed by atoms with van der Waals surface area (Å²) < 4.78 is 5.50. The van der Waals surface area contributed by atoms with Crippen LogP contribution >= 0.6 is 11.8 Å². The number of morpholine rings is 1. The summed E-state index contributed by atoms with van der Waals surface area (Å²) >= 11 is 1.66. The molecule has 1 atom stereocenters. The summed E-state index contributed by atoms with van der Waals surface area (Å²) in [7, 11) is 0. The van der Waals surface area contributed by atoms with E-state index in [9.17, 15) is 4.79 Å². The summed E-state index contributed by atoms with van der Waals surface area (Å²) in [5.74, 6) is 0.00181. The van der Waals surface area contributed by atoms with Crippen LogP contribution in [-0.2, 0) is 9.53 Å². The first-order chi connectivity index (χ1) is 8.78. The highest BCUT2D eigenvalue weighted by Crippen LogP contribution is 2.19. The molecule has 2 N–H and O–H groups in total. The molecule has 1 amide bonds. The lowest BCUT2D eigenvalue weighted by molar-refractivity contribution is -0.119. The van der Waals surface area contributed by atoms with Gasteiger partial charge in [0, 0.05) is 23.7 Å². The first kappa shape index (κ1) is 13.4. The van der Waals surface area contributed by atoms with E-state index in [4.69, 9.17) is 4.74 Å². The van der Waals surface area contributed by atoms with E-state index in [0.717, 1.165) is 23.7 Å². The molecule has 0 spiro atoms.